The van der Waals surface area contributed by atoms with Gasteiger partial charge < -0.3 is 0 Å². The van der Waals surface area contributed by atoms with Gasteiger partial charge in [-0.15, -0.1) is 11.8 Å². The van der Waals surface area contributed by atoms with Crippen molar-refractivity contribution in [3.63, 3.8) is 0 Å². The first-order valence-corrected chi connectivity index (χ1v) is 8.08. The largest absolute Gasteiger partial charge is 0.298 e. The fourth-order valence-electron chi connectivity index (χ4n) is 2.08. The van der Waals surface area contributed by atoms with E-state index in [0.29, 0.717) is 17.5 Å². The van der Waals surface area contributed by atoms with Crippen molar-refractivity contribution in [3.05, 3.63) is 35.4 Å². The molecule has 1 aromatic rings. The van der Waals surface area contributed by atoms with Gasteiger partial charge in [-0.3, -0.25) is 4.79 Å². The van der Waals surface area contributed by atoms with Crippen LogP contribution < -0.4 is 0 Å². The second kappa shape index (κ2) is 5.96. The molecule has 0 amide bonds. The van der Waals surface area contributed by atoms with E-state index in [1.54, 1.807) is 0 Å². The van der Waals surface area contributed by atoms with Crippen LogP contribution in [0.5, 0.6) is 0 Å². The van der Waals surface area contributed by atoms with Crippen LogP contribution in [-0.4, -0.2) is 27.8 Å². The van der Waals surface area contributed by atoms with Crippen molar-refractivity contribution in [1.82, 2.24) is 0 Å². The molecule has 1 aromatic carbocycles. The highest BCUT2D eigenvalue weighted by Gasteiger charge is 2.28. The minimum atomic E-state index is 0.188. The van der Waals surface area contributed by atoms with Gasteiger partial charge in [-0.25, -0.2) is 0 Å². The minimum Gasteiger partial charge on any atom is -0.298 e. The summed E-state index contributed by atoms with van der Waals surface area (Å²) in [4.78, 5) is 12.3. The molecule has 0 N–H and O–H groups in total. The van der Waals surface area contributed by atoms with Crippen molar-refractivity contribution in [2.24, 2.45) is 0 Å². The number of Topliss-reactive ketones (excluding diaryl/α,β-unsaturated/α-hetero) is 1. The number of thioether (sulfide) groups is 2. The van der Waals surface area contributed by atoms with Crippen molar-refractivity contribution in [2.75, 3.05) is 11.5 Å². The van der Waals surface area contributed by atoms with E-state index in [1.165, 1.54) is 16.9 Å². The van der Waals surface area contributed by atoms with Gasteiger partial charge in [0.05, 0.1) is 5.25 Å². The van der Waals surface area contributed by atoms with Crippen LogP contribution in [0.2, 0.25) is 0 Å². The summed E-state index contributed by atoms with van der Waals surface area (Å²) < 4.78 is 0. The summed E-state index contributed by atoms with van der Waals surface area (Å²) in [5.74, 6) is 2.68. The van der Waals surface area contributed by atoms with Gasteiger partial charge in [-0.1, -0.05) is 31.2 Å². The zero-order valence-corrected chi connectivity index (χ0v) is 11.9. The summed E-state index contributed by atoms with van der Waals surface area (Å²) in [6.45, 7) is 4.26. The molecule has 0 radical (unpaired) electrons. The monoisotopic (exact) mass is 266 g/mol. The Hall–Kier alpha value is -0.410. The third kappa shape index (κ3) is 3.29. The van der Waals surface area contributed by atoms with Gasteiger partial charge in [0.2, 0.25) is 0 Å². The number of benzene rings is 1. The van der Waals surface area contributed by atoms with Crippen LogP contribution in [0.3, 0.4) is 0 Å². The van der Waals surface area contributed by atoms with Gasteiger partial charge in [-0.05, 0) is 18.1 Å². The second-order valence-corrected chi connectivity index (χ2v) is 7.17. The number of hydrogen-bond donors (Lipinski definition) is 0. The number of ketones is 1. The summed E-state index contributed by atoms with van der Waals surface area (Å²) in [7, 11) is 0. The lowest BCUT2D eigenvalue weighted by atomic mass is 10.0. The lowest BCUT2D eigenvalue weighted by Crippen LogP contribution is -2.32. The normalized spacial score (nSPS) is 24.6. The number of rotatable bonds is 3. The highest BCUT2D eigenvalue weighted by molar-refractivity contribution is 8.07. The summed E-state index contributed by atoms with van der Waals surface area (Å²) in [6.07, 6.45) is 0.592. The molecule has 0 aliphatic carbocycles. The first-order valence-electron chi connectivity index (χ1n) is 5.99. The number of carbonyl (C=O) groups is 1. The van der Waals surface area contributed by atoms with E-state index in [4.69, 9.17) is 0 Å². The zero-order valence-electron chi connectivity index (χ0n) is 10.3. The molecule has 1 nitrogen and oxygen atoms in total. The Morgan fingerprint density at radius 1 is 1.29 bits per heavy atom. The molecule has 3 heteroatoms. The Morgan fingerprint density at radius 3 is 2.71 bits per heavy atom. The van der Waals surface area contributed by atoms with Gasteiger partial charge in [0.25, 0.3) is 0 Å². The zero-order chi connectivity index (χ0) is 12.3. The standard InChI is InChI=1S/C14H18OS2/c1-10-5-3-4-6-12(10)9-13(15)14-11(2)16-7-8-17-14/h3-6,11,14H,7-9H2,1-2H3. The molecule has 1 fully saturated rings. The molecule has 2 atom stereocenters. The SMILES string of the molecule is Cc1ccccc1CC(=O)C1SCCSC1C. The molecule has 2 rings (SSSR count). The number of aryl methyl sites for hydroxylation is 1. The van der Waals surface area contributed by atoms with Gasteiger partial charge >= 0.3 is 0 Å². The highest BCUT2D eigenvalue weighted by atomic mass is 32.2. The molecule has 0 aromatic heterocycles. The third-order valence-electron chi connectivity index (χ3n) is 3.13. The summed E-state index contributed by atoms with van der Waals surface area (Å²) in [5, 5.41) is 0.652. The fraction of sp³-hybridized carbons (Fsp3) is 0.500. The highest BCUT2D eigenvalue weighted by Crippen LogP contribution is 2.32. The van der Waals surface area contributed by atoms with Crippen molar-refractivity contribution in [2.45, 2.75) is 30.8 Å². The van der Waals surface area contributed by atoms with E-state index in [0.717, 1.165) is 5.75 Å². The van der Waals surface area contributed by atoms with Crippen LogP contribution in [0.15, 0.2) is 24.3 Å². The Kier molecular flexibility index (Phi) is 4.57. The molecule has 1 heterocycles. The van der Waals surface area contributed by atoms with E-state index < -0.39 is 0 Å². The van der Waals surface area contributed by atoms with Crippen LogP contribution in [0.1, 0.15) is 18.1 Å². The topological polar surface area (TPSA) is 17.1 Å². The van der Waals surface area contributed by atoms with Crippen LogP contribution in [-0.2, 0) is 11.2 Å². The van der Waals surface area contributed by atoms with Gasteiger partial charge in [0.1, 0.15) is 0 Å². The molecule has 1 aliphatic rings. The molecule has 2 unspecified atom stereocenters. The maximum atomic E-state index is 12.3. The van der Waals surface area contributed by atoms with Gasteiger partial charge in [0.15, 0.2) is 5.78 Å². The first-order chi connectivity index (χ1) is 8.18. The van der Waals surface area contributed by atoms with Crippen molar-refractivity contribution >= 4 is 29.3 Å². The Bertz CT molecular complexity index is 403. The van der Waals surface area contributed by atoms with E-state index in [9.17, 15) is 4.79 Å². The molecule has 0 bridgehead atoms. The summed E-state index contributed by atoms with van der Waals surface area (Å²) >= 11 is 3.76. The number of hydrogen-bond acceptors (Lipinski definition) is 3. The van der Waals surface area contributed by atoms with Gasteiger partial charge in [-0.2, -0.15) is 11.8 Å². The Labute approximate surface area is 112 Å². The third-order valence-corrected chi connectivity index (χ3v) is 6.27. The molecule has 1 saturated heterocycles. The molecule has 1 aliphatic heterocycles. The predicted molar refractivity (Wildman–Crippen MR) is 78.1 cm³/mol. The first kappa shape index (κ1) is 13.0. The molecule has 0 saturated carbocycles. The van der Waals surface area contributed by atoms with Crippen molar-refractivity contribution in [3.8, 4) is 0 Å². The smallest absolute Gasteiger partial charge is 0.151 e. The quantitative estimate of drug-likeness (QED) is 0.835. The van der Waals surface area contributed by atoms with Crippen LogP contribution >= 0.6 is 23.5 Å². The van der Waals surface area contributed by atoms with E-state index in [1.807, 2.05) is 35.7 Å². The van der Waals surface area contributed by atoms with E-state index >= 15 is 0 Å². The average molecular weight is 266 g/mol. The minimum absolute atomic E-state index is 0.188. The van der Waals surface area contributed by atoms with Crippen LogP contribution in [0, 0.1) is 6.92 Å². The molecular formula is C14H18OS2. The Balaban J connectivity index is 2.03. The molecule has 92 valence electrons. The predicted octanol–water partition coefficient (Wildman–Crippen LogP) is 3.34. The lowest BCUT2D eigenvalue weighted by molar-refractivity contribution is -0.117. The van der Waals surface area contributed by atoms with Crippen LogP contribution in [0.4, 0.5) is 0 Å². The maximum Gasteiger partial charge on any atom is 0.151 e. The molecular weight excluding hydrogens is 248 g/mol. The van der Waals surface area contributed by atoms with Crippen molar-refractivity contribution < 1.29 is 4.79 Å². The molecule has 17 heavy (non-hydrogen) atoms. The average Bonchev–Trinajstić information content (AvgIpc) is 2.32. The summed E-state index contributed by atoms with van der Waals surface area (Å²) in [6, 6.07) is 8.19. The van der Waals surface area contributed by atoms with E-state index in [2.05, 4.69) is 26.0 Å². The van der Waals surface area contributed by atoms with Gasteiger partial charge in [0, 0.05) is 23.2 Å². The van der Waals surface area contributed by atoms with E-state index in [-0.39, 0.29) is 5.25 Å². The summed E-state index contributed by atoms with van der Waals surface area (Å²) in [5.41, 5.74) is 2.41. The van der Waals surface area contributed by atoms with Crippen LogP contribution in [0.25, 0.3) is 0 Å². The van der Waals surface area contributed by atoms with Crippen molar-refractivity contribution in [1.29, 1.82) is 0 Å². The second-order valence-electron chi connectivity index (χ2n) is 4.44. The fourth-order valence-corrected chi connectivity index (χ4v) is 4.82. The number of carbonyl (C=O) groups excluding carboxylic acids is 1. The maximum absolute atomic E-state index is 12.3. The molecule has 0 spiro atoms. The lowest BCUT2D eigenvalue weighted by Gasteiger charge is -2.26. The Morgan fingerprint density at radius 2 is 2.00 bits per heavy atom.